The molecule has 0 aliphatic heterocycles. The lowest BCUT2D eigenvalue weighted by atomic mass is 9.92. The maximum Gasteiger partial charge on any atom is 0.128 e. The Bertz CT molecular complexity index is 1060. The van der Waals surface area contributed by atoms with Crippen molar-refractivity contribution in [3.05, 3.63) is 72.8 Å². The molecule has 0 aliphatic rings. The number of ether oxygens (including phenoxy) is 1. The fraction of sp³-hybridized carbons (Fsp3) is 0.130. The first-order chi connectivity index (χ1) is 12.1. The molecule has 0 bridgehead atoms. The van der Waals surface area contributed by atoms with E-state index in [-0.39, 0.29) is 11.9 Å². The molecule has 4 aromatic rings. The number of phenols is 1. The topological polar surface area (TPSA) is 29.5 Å². The van der Waals surface area contributed by atoms with Gasteiger partial charge in [0.2, 0.25) is 0 Å². The fourth-order valence-corrected chi connectivity index (χ4v) is 3.38. The van der Waals surface area contributed by atoms with Crippen LogP contribution in [0.15, 0.2) is 72.8 Å². The Kier molecular flexibility index (Phi) is 3.81. The Hall–Kier alpha value is -3.00. The lowest BCUT2D eigenvalue weighted by molar-refractivity contribution is 0.243. The second kappa shape index (κ2) is 6.14. The van der Waals surface area contributed by atoms with Crippen LogP contribution in [0.3, 0.4) is 0 Å². The standard InChI is InChI=1S/C23H20O2/c1-15(2)25-21-14-12-17-8-4-6-10-19(17)23(21)22-18-9-5-3-7-16(18)11-13-20(22)24/h3-15,24H,1-2H3. The predicted octanol–water partition coefficient (Wildman–Crippen LogP) is 6.15. The van der Waals surface area contributed by atoms with Crippen molar-refractivity contribution in [1.82, 2.24) is 0 Å². The fourth-order valence-electron chi connectivity index (χ4n) is 3.38. The largest absolute Gasteiger partial charge is 0.507 e. The zero-order valence-corrected chi connectivity index (χ0v) is 14.4. The number of benzene rings is 4. The van der Waals surface area contributed by atoms with Crippen molar-refractivity contribution in [3.8, 4) is 22.6 Å². The van der Waals surface area contributed by atoms with Crippen LogP contribution in [-0.2, 0) is 0 Å². The van der Waals surface area contributed by atoms with Gasteiger partial charge in [-0.2, -0.15) is 0 Å². The van der Waals surface area contributed by atoms with E-state index in [0.717, 1.165) is 38.4 Å². The van der Waals surface area contributed by atoms with E-state index in [1.54, 1.807) is 6.07 Å². The molecule has 4 aromatic carbocycles. The van der Waals surface area contributed by atoms with Crippen LogP contribution in [0, 0.1) is 0 Å². The van der Waals surface area contributed by atoms with Gasteiger partial charge in [-0.3, -0.25) is 0 Å². The summed E-state index contributed by atoms with van der Waals surface area (Å²) in [6.45, 7) is 4.03. The molecule has 2 nitrogen and oxygen atoms in total. The van der Waals surface area contributed by atoms with Crippen molar-refractivity contribution < 1.29 is 9.84 Å². The molecule has 2 heteroatoms. The van der Waals surface area contributed by atoms with Gasteiger partial charge in [0.15, 0.2) is 0 Å². The molecule has 0 spiro atoms. The van der Waals surface area contributed by atoms with Crippen molar-refractivity contribution in [2.75, 3.05) is 0 Å². The summed E-state index contributed by atoms with van der Waals surface area (Å²) < 4.78 is 6.10. The first-order valence-electron chi connectivity index (χ1n) is 8.54. The average Bonchev–Trinajstić information content (AvgIpc) is 2.62. The number of aromatic hydroxyl groups is 1. The van der Waals surface area contributed by atoms with E-state index in [9.17, 15) is 5.11 Å². The molecule has 124 valence electrons. The zero-order chi connectivity index (χ0) is 17.4. The Morgan fingerprint density at radius 3 is 1.88 bits per heavy atom. The second-order valence-electron chi connectivity index (χ2n) is 6.51. The summed E-state index contributed by atoms with van der Waals surface area (Å²) >= 11 is 0. The summed E-state index contributed by atoms with van der Waals surface area (Å²) in [6.07, 6.45) is 0.0528. The minimum Gasteiger partial charge on any atom is -0.507 e. The van der Waals surface area contributed by atoms with Crippen LogP contribution >= 0.6 is 0 Å². The molecule has 0 aliphatic carbocycles. The smallest absolute Gasteiger partial charge is 0.128 e. The molecular weight excluding hydrogens is 308 g/mol. The summed E-state index contributed by atoms with van der Waals surface area (Å²) in [7, 11) is 0. The van der Waals surface area contributed by atoms with Gasteiger partial charge in [-0.05, 0) is 47.5 Å². The molecule has 0 atom stereocenters. The quantitative estimate of drug-likeness (QED) is 0.488. The lowest BCUT2D eigenvalue weighted by Crippen LogP contribution is -2.06. The number of hydrogen-bond acceptors (Lipinski definition) is 2. The van der Waals surface area contributed by atoms with Gasteiger partial charge < -0.3 is 9.84 Å². The third-order valence-electron chi connectivity index (χ3n) is 4.41. The highest BCUT2D eigenvalue weighted by atomic mass is 16.5. The van der Waals surface area contributed by atoms with Crippen molar-refractivity contribution in [2.24, 2.45) is 0 Å². The molecule has 4 rings (SSSR count). The molecule has 0 fully saturated rings. The molecule has 0 aromatic heterocycles. The van der Waals surface area contributed by atoms with Crippen LogP contribution < -0.4 is 4.74 Å². The van der Waals surface area contributed by atoms with Gasteiger partial charge in [0, 0.05) is 11.1 Å². The number of hydrogen-bond donors (Lipinski definition) is 1. The number of rotatable bonds is 3. The summed E-state index contributed by atoms with van der Waals surface area (Å²) in [5, 5.41) is 15.0. The third kappa shape index (κ3) is 2.70. The molecular formula is C23H20O2. The zero-order valence-electron chi connectivity index (χ0n) is 14.4. The first kappa shape index (κ1) is 15.5. The molecule has 0 saturated heterocycles. The van der Waals surface area contributed by atoms with Gasteiger partial charge in [0.25, 0.3) is 0 Å². The highest BCUT2D eigenvalue weighted by Gasteiger charge is 2.18. The van der Waals surface area contributed by atoms with Crippen LogP contribution in [0.1, 0.15) is 13.8 Å². The third-order valence-corrected chi connectivity index (χ3v) is 4.41. The maximum atomic E-state index is 10.7. The monoisotopic (exact) mass is 328 g/mol. The molecule has 0 heterocycles. The highest BCUT2D eigenvalue weighted by Crippen LogP contribution is 2.45. The van der Waals surface area contributed by atoms with Crippen LogP contribution in [0.2, 0.25) is 0 Å². The van der Waals surface area contributed by atoms with Crippen molar-refractivity contribution in [1.29, 1.82) is 0 Å². The van der Waals surface area contributed by atoms with Crippen LogP contribution in [0.5, 0.6) is 11.5 Å². The van der Waals surface area contributed by atoms with Gasteiger partial charge in [-0.1, -0.05) is 60.7 Å². The van der Waals surface area contributed by atoms with Crippen LogP contribution in [0.4, 0.5) is 0 Å². The van der Waals surface area contributed by atoms with E-state index in [4.69, 9.17) is 4.74 Å². The van der Waals surface area contributed by atoms with E-state index < -0.39 is 0 Å². The van der Waals surface area contributed by atoms with E-state index in [0.29, 0.717) is 0 Å². The van der Waals surface area contributed by atoms with Gasteiger partial charge >= 0.3 is 0 Å². The molecule has 25 heavy (non-hydrogen) atoms. The van der Waals surface area contributed by atoms with E-state index >= 15 is 0 Å². The molecule has 0 radical (unpaired) electrons. The normalized spacial score (nSPS) is 11.3. The number of fused-ring (bicyclic) bond motifs is 2. The molecule has 0 amide bonds. The first-order valence-corrected chi connectivity index (χ1v) is 8.54. The Balaban J connectivity index is 2.15. The summed E-state index contributed by atoms with van der Waals surface area (Å²) in [5.41, 5.74) is 1.77. The van der Waals surface area contributed by atoms with Gasteiger partial charge in [0.1, 0.15) is 11.5 Å². The van der Waals surface area contributed by atoms with Gasteiger partial charge in [-0.15, -0.1) is 0 Å². The van der Waals surface area contributed by atoms with E-state index in [1.807, 2.05) is 56.3 Å². The SMILES string of the molecule is CC(C)Oc1ccc2ccccc2c1-c1c(O)ccc2ccccc12. The van der Waals surface area contributed by atoms with Crippen molar-refractivity contribution in [3.63, 3.8) is 0 Å². The predicted molar refractivity (Wildman–Crippen MR) is 104 cm³/mol. The van der Waals surface area contributed by atoms with Crippen molar-refractivity contribution in [2.45, 2.75) is 20.0 Å². The molecule has 0 unspecified atom stereocenters. The van der Waals surface area contributed by atoms with Crippen molar-refractivity contribution >= 4 is 21.5 Å². The molecule has 0 saturated carbocycles. The second-order valence-corrected chi connectivity index (χ2v) is 6.51. The number of phenolic OH excluding ortho intramolecular Hbond substituents is 1. The van der Waals surface area contributed by atoms with Crippen LogP contribution in [-0.4, -0.2) is 11.2 Å². The Labute approximate surface area is 147 Å². The highest BCUT2D eigenvalue weighted by molar-refractivity contribution is 6.09. The van der Waals surface area contributed by atoms with Gasteiger partial charge in [0.05, 0.1) is 6.10 Å². The maximum absolute atomic E-state index is 10.7. The van der Waals surface area contributed by atoms with Gasteiger partial charge in [-0.25, -0.2) is 0 Å². The Morgan fingerprint density at radius 1 is 0.680 bits per heavy atom. The summed E-state index contributed by atoms with van der Waals surface area (Å²) in [4.78, 5) is 0. The minimum atomic E-state index is 0.0528. The molecule has 1 N–H and O–H groups in total. The summed E-state index contributed by atoms with van der Waals surface area (Å²) in [6, 6.07) is 24.1. The van der Waals surface area contributed by atoms with E-state index in [2.05, 4.69) is 24.3 Å². The Morgan fingerprint density at radius 2 is 1.24 bits per heavy atom. The lowest BCUT2D eigenvalue weighted by Gasteiger charge is -2.19. The summed E-state index contributed by atoms with van der Waals surface area (Å²) in [5.74, 6) is 1.06. The minimum absolute atomic E-state index is 0.0528. The van der Waals surface area contributed by atoms with E-state index in [1.165, 1.54) is 0 Å². The van der Waals surface area contributed by atoms with Crippen LogP contribution in [0.25, 0.3) is 32.7 Å². The average molecular weight is 328 g/mol.